The molecule has 0 bridgehead atoms. The van der Waals surface area contributed by atoms with Gasteiger partial charge in [-0.25, -0.2) is 9.37 Å². The second-order valence-corrected chi connectivity index (χ2v) is 10.5. The molecule has 0 unspecified atom stereocenters. The number of halogens is 1. The number of anilines is 1. The Morgan fingerprint density at radius 1 is 1.05 bits per heavy atom. The minimum absolute atomic E-state index is 0.0909. The zero-order valence-electron chi connectivity index (χ0n) is 24.2. The van der Waals surface area contributed by atoms with E-state index in [0.717, 1.165) is 0 Å². The molecule has 0 radical (unpaired) electrons. The van der Waals surface area contributed by atoms with Crippen LogP contribution >= 0.6 is 0 Å². The lowest BCUT2D eigenvalue weighted by atomic mass is 9.97. The first-order valence-corrected chi connectivity index (χ1v) is 13.9. The van der Waals surface area contributed by atoms with Crippen molar-refractivity contribution in [2.45, 2.75) is 57.8 Å². The normalized spacial score (nSPS) is 12.6. The van der Waals surface area contributed by atoms with Gasteiger partial charge in [0.1, 0.15) is 5.82 Å². The van der Waals surface area contributed by atoms with Gasteiger partial charge in [-0.05, 0) is 66.8 Å². The second-order valence-electron chi connectivity index (χ2n) is 10.5. The number of hydrogen-bond donors (Lipinski definition) is 3. The highest BCUT2D eigenvalue weighted by Gasteiger charge is 2.31. The molecule has 2 atom stereocenters. The van der Waals surface area contributed by atoms with Crippen LogP contribution in [0.25, 0.3) is 22.5 Å². The number of nitrogens with zero attached hydrogens (tertiary/aromatic N) is 3. The maximum absolute atomic E-state index is 14.1. The molecule has 0 saturated carbocycles. The first-order chi connectivity index (χ1) is 20.6. The van der Waals surface area contributed by atoms with Crippen LogP contribution < -0.4 is 15.2 Å². The van der Waals surface area contributed by atoms with Crippen LogP contribution in [-0.4, -0.2) is 55.9 Å². The number of carbonyl (C=O) groups excluding carboxylic acids is 2. The van der Waals surface area contributed by atoms with Crippen molar-refractivity contribution in [1.82, 2.24) is 14.5 Å². The van der Waals surface area contributed by atoms with Gasteiger partial charge in [0.15, 0.2) is 0 Å². The number of ether oxygens (including phenoxy) is 1. The van der Waals surface area contributed by atoms with Gasteiger partial charge in [0.25, 0.3) is 5.91 Å². The molecule has 2 heterocycles. The Bertz CT molecular complexity index is 1560. The lowest BCUT2D eigenvalue weighted by Gasteiger charge is -2.20. The fourth-order valence-electron chi connectivity index (χ4n) is 5.14. The van der Waals surface area contributed by atoms with Crippen LogP contribution in [0.15, 0.2) is 66.9 Å². The first kappa shape index (κ1) is 31.3. The van der Waals surface area contributed by atoms with Crippen LogP contribution in [0.5, 0.6) is 6.01 Å². The smallest absolute Gasteiger partial charge is 0.316 e. The lowest BCUT2D eigenvalue weighted by Crippen LogP contribution is -2.29. The average Bonchev–Trinajstić information content (AvgIpc) is 3.32. The summed E-state index contributed by atoms with van der Waals surface area (Å²) in [5.41, 5.74) is 3.59. The SMILES string of the molecule is COc1nccc(-c2c(C(=O)Nc3ccccc3)c(C(C)C)n(CC[C@@H](O)C[C@@H](O)CC(=O)[O-])c2-c2ccc(F)cc2)n1. The molecule has 0 saturated heterocycles. The summed E-state index contributed by atoms with van der Waals surface area (Å²) in [6.07, 6.45) is -1.45. The quantitative estimate of drug-likeness (QED) is 0.213. The standard InChI is InChI=1S/C32H35FN4O6/c1-19(2)29-28(31(42)35-22-7-5-4-6-8-22)27(25-13-15-34-32(36-25)43-3)30(20-9-11-21(33)12-10-20)37(29)16-14-23(38)17-24(39)18-26(40)41/h4-13,15,19,23-24,38-39H,14,16-18H2,1-3H3,(H,35,42)(H,40,41)/p-1/t23-,24-/m1/s1. The third kappa shape index (κ3) is 7.62. The Labute approximate surface area is 248 Å². The van der Waals surface area contributed by atoms with Crippen molar-refractivity contribution in [2.75, 3.05) is 12.4 Å². The molecular formula is C32H34FN4O6-. The van der Waals surface area contributed by atoms with Crippen molar-refractivity contribution < 1.29 is 34.0 Å². The fourth-order valence-corrected chi connectivity index (χ4v) is 5.14. The number of aliphatic hydroxyl groups excluding tert-OH is 2. The number of carboxylic acid groups (broad SMARTS) is 1. The van der Waals surface area contributed by atoms with E-state index in [0.29, 0.717) is 39.5 Å². The molecule has 11 heteroatoms. The van der Waals surface area contributed by atoms with Crippen LogP contribution in [-0.2, 0) is 11.3 Å². The monoisotopic (exact) mass is 589 g/mol. The molecule has 10 nitrogen and oxygen atoms in total. The van der Waals surface area contributed by atoms with Crippen molar-refractivity contribution in [3.63, 3.8) is 0 Å². The minimum Gasteiger partial charge on any atom is -0.550 e. The zero-order valence-corrected chi connectivity index (χ0v) is 24.2. The number of benzene rings is 2. The molecule has 0 fully saturated rings. The Hall–Kier alpha value is -4.61. The number of aromatic nitrogens is 3. The number of methoxy groups -OCH3 is 1. The van der Waals surface area contributed by atoms with Gasteiger partial charge in [-0.1, -0.05) is 32.0 Å². The van der Waals surface area contributed by atoms with Crippen LogP contribution in [0.4, 0.5) is 10.1 Å². The minimum atomic E-state index is -1.41. The molecule has 0 aliphatic heterocycles. The predicted octanol–water partition coefficient (Wildman–Crippen LogP) is 3.78. The predicted molar refractivity (Wildman–Crippen MR) is 157 cm³/mol. The molecule has 1 amide bonds. The number of hydrogen-bond acceptors (Lipinski definition) is 8. The number of para-hydroxylation sites is 1. The summed E-state index contributed by atoms with van der Waals surface area (Å²) in [4.78, 5) is 33.7. The summed E-state index contributed by atoms with van der Waals surface area (Å²) in [5, 5.41) is 34.6. The van der Waals surface area contributed by atoms with E-state index >= 15 is 0 Å². The van der Waals surface area contributed by atoms with Crippen molar-refractivity contribution in [3.8, 4) is 28.5 Å². The van der Waals surface area contributed by atoms with E-state index in [1.165, 1.54) is 25.4 Å². The van der Waals surface area contributed by atoms with E-state index in [4.69, 9.17) is 4.74 Å². The highest BCUT2D eigenvalue weighted by Crippen LogP contribution is 2.42. The summed E-state index contributed by atoms with van der Waals surface area (Å²) >= 11 is 0. The lowest BCUT2D eigenvalue weighted by molar-refractivity contribution is -0.307. The average molecular weight is 590 g/mol. The van der Waals surface area contributed by atoms with Gasteiger partial charge in [-0.2, -0.15) is 4.98 Å². The highest BCUT2D eigenvalue weighted by atomic mass is 19.1. The Kier molecular flexibility index (Phi) is 10.2. The van der Waals surface area contributed by atoms with E-state index in [1.54, 1.807) is 42.5 Å². The zero-order chi connectivity index (χ0) is 31.1. The van der Waals surface area contributed by atoms with E-state index < -0.39 is 36.3 Å². The number of rotatable bonds is 13. The number of amides is 1. The number of carboxylic acids is 1. The molecule has 0 aliphatic carbocycles. The van der Waals surface area contributed by atoms with Gasteiger partial charge >= 0.3 is 6.01 Å². The number of nitrogens with one attached hydrogen (secondary N) is 1. The third-order valence-corrected chi connectivity index (χ3v) is 6.93. The number of carbonyl (C=O) groups is 2. The van der Waals surface area contributed by atoms with Crippen LogP contribution in [0.3, 0.4) is 0 Å². The topological polar surface area (TPSA) is 150 Å². The van der Waals surface area contributed by atoms with Gasteiger partial charge in [-0.3, -0.25) is 4.79 Å². The van der Waals surface area contributed by atoms with Crippen molar-refractivity contribution in [1.29, 1.82) is 0 Å². The van der Waals surface area contributed by atoms with Crippen LogP contribution in [0.1, 0.15) is 55.1 Å². The summed E-state index contributed by atoms with van der Waals surface area (Å²) in [5.74, 6) is -2.44. The van der Waals surface area contributed by atoms with Gasteiger partial charge in [-0.15, -0.1) is 0 Å². The highest BCUT2D eigenvalue weighted by molar-refractivity contribution is 6.12. The van der Waals surface area contributed by atoms with Crippen molar-refractivity contribution >= 4 is 17.6 Å². The Balaban J connectivity index is 1.93. The molecule has 0 aliphatic rings. The second kappa shape index (κ2) is 14.0. The van der Waals surface area contributed by atoms with Crippen molar-refractivity contribution in [3.05, 3.63) is 83.9 Å². The molecule has 0 spiro atoms. The van der Waals surface area contributed by atoms with Crippen LogP contribution in [0.2, 0.25) is 0 Å². The number of aliphatic carboxylic acids is 1. The summed E-state index contributed by atoms with van der Waals surface area (Å²) in [6.45, 7) is 4.06. The molecule has 43 heavy (non-hydrogen) atoms. The largest absolute Gasteiger partial charge is 0.550 e. The first-order valence-electron chi connectivity index (χ1n) is 13.9. The summed E-state index contributed by atoms with van der Waals surface area (Å²) in [6, 6.07) is 16.6. The Morgan fingerprint density at radius 2 is 1.74 bits per heavy atom. The molecule has 4 rings (SSSR count). The maximum atomic E-state index is 14.1. The molecule has 2 aromatic heterocycles. The molecule has 2 aromatic carbocycles. The van der Waals surface area contributed by atoms with Gasteiger partial charge in [0, 0.05) is 42.1 Å². The molecule has 4 aromatic rings. The Morgan fingerprint density at radius 3 is 2.37 bits per heavy atom. The van der Waals surface area contributed by atoms with Gasteiger partial charge in [0.05, 0.1) is 36.3 Å². The summed E-state index contributed by atoms with van der Waals surface area (Å²) in [7, 11) is 1.43. The molecular weight excluding hydrogens is 555 g/mol. The maximum Gasteiger partial charge on any atom is 0.316 e. The number of aliphatic hydroxyl groups is 2. The third-order valence-electron chi connectivity index (χ3n) is 6.93. The van der Waals surface area contributed by atoms with E-state index in [-0.39, 0.29) is 31.3 Å². The van der Waals surface area contributed by atoms with Crippen molar-refractivity contribution in [2.24, 2.45) is 0 Å². The van der Waals surface area contributed by atoms with E-state index in [1.807, 2.05) is 24.5 Å². The van der Waals surface area contributed by atoms with E-state index in [2.05, 4.69) is 15.3 Å². The van der Waals surface area contributed by atoms with Crippen LogP contribution in [0, 0.1) is 5.82 Å². The molecule has 226 valence electrons. The van der Waals surface area contributed by atoms with Gasteiger partial charge < -0.3 is 34.7 Å². The van der Waals surface area contributed by atoms with Gasteiger partial charge in [0.2, 0.25) is 0 Å². The molecule has 3 N–H and O–H groups in total. The van der Waals surface area contributed by atoms with E-state index in [9.17, 15) is 29.3 Å². The summed E-state index contributed by atoms with van der Waals surface area (Å²) < 4.78 is 21.2. The fraction of sp³-hybridized carbons (Fsp3) is 0.312.